The lowest BCUT2D eigenvalue weighted by Crippen LogP contribution is -2.37. The van der Waals surface area contributed by atoms with Crippen molar-refractivity contribution in [1.29, 1.82) is 0 Å². The van der Waals surface area contributed by atoms with E-state index in [1.54, 1.807) is 0 Å². The van der Waals surface area contributed by atoms with Crippen LogP contribution in [0, 0.1) is 17.5 Å². The first-order chi connectivity index (χ1) is 13.9. The summed E-state index contributed by atoms with van der Waals surface area (Å²) in [5.41, 5.74) is -0.870. The number of hydrogen-bond donors (Lipinski definition) is 3. The number of rotatable bonds is 2. The Labute approximate surface area is 161 Å². The van der Waals surface area contributed by atoms with E-state index >= 15 is 0 Å². The number of halogens is 3. The average Bonchev–Trinajstić information content (AvgIpc) is 3.31. The maximum absolute atomic E-state index is 14.5. The first kappa shape index (κ1) is 17.3. The standard InChI is InChI=1S/C21H12F3N3O2/c22-15-7-6-14-19(17(15)24)26-20(29)21(14,10-1-3-11(28)4-2-10)13-5-8-16(23)18-12(13)9-25-27-18/h1-9,28H,(H,25,27)(H,26,29). The van der Waals surface area contributed by atoms with Gasteiger partial charge in [0.15, 0.2) is 11.6 Å². The molecule has 0 aliphatic carbocycles. The predicted octanol–water partition coefficient (Wildman–Crippen LogP) is 3.97. The highest BCUT2D eigenvalue weighted by atomic mass is 19.2. The van der Waals surface area contributed by atoms with Crippen LogP contribution in [-0.2, 0) is 10.2 Å². The van der Waals surface area contributed by atoms with Crippen molar-refractivity contribution in [1.82, 2.24) is 10.2 Å². The van der Waals surface area contributed by atoms with Gasteiger partial charge in [-0.2, -0.15) is 5.10 Å². The molecule has 4 aromatic rings. The Balaban J connectivity index is 1.95. The van der Waals surface area contributed by atoms with Gasteiger partial charge in [-0.05, 0) is 35.4 Å². The van der Waals surface area contributed by atoms with Crippen LogP contribution in [-0.4, -0.2) is 21.2 Å². The summed E-state index contributed by atoms with van der Waals surface area (Å²) in [4.78, 5) is 13.4. The number of amides is 1. The maximum atomic E-state index is 14.5. The summed E-state index contributed by atoms with van der Waals surface area (Å²) in [5, 5.41) is 18.9. The second-order valence-electron chi connectivity index (χ2n) is 6.79. The topological polar surface area (TPSA) is 78.0 Å². The molecule has 0 saturated heterocycles. The molecular formula is C21H12F3N3O2. The van der Waals surface area contributed by atoms with Crippen molar-refractivity contribution in [2.45, 2.75) is 5.41 Å². The fraction of sp³-hybridized carbons (Fsp3) is 0.0476. The Morgan fingerprint density at radius 2 is 1.59 bits per heavy atom. The largest absolute Gasteiger partial charge is 0.508 e. The summed E-state index contributed by atoms with van der Waals surface area (Å²) in [7, 11) is 0. The van der Waals surface area contributed by atoms with Crippen LogP contribution in [0.3, 0.4) is 0 Å². The molecule has 5 rings (SSSR count). The molecule has 0 saturated carbocycles. The number of phenolic OH excluding ortho intramolecular Hbond substituents is 1. The smallest absolute Gasteiger partial charge is 0.244 e. The summed E-state index contributed by atoms with van der Waals surface area (Å²) in [6.07, 6.45) is 1.38. The van der Waals surface area contributed by atoms with Crippen LogP contribution in [0.5, 0.6) is 5.75 Å². The van der Waals surface area contributed by atoms with Gasteiger partial charge in [0.25, 0.3) is 0 Å². The number of benzene rings is 3. The number of hydrogen-bond acceptors (Lipinski definition) is 3. The van der Waals surface area contributed by atoms with Crippen molar-refractivity contribution >= 4 is 22.5 Å². The van der Waals surface area contributed by atoms with Crippen molar-refractivity contribution in [2.75, 3.05) is 5.32 Å². The normalized spacial score (nSPS) is 18.1. The number of nitrogens with zero attached hydrogens (tertiary/aromatic N) is 1. The van der Waals surface area contributed by atoms with Gasteiger partial charge in [0.2, 0.25) is 5.91 Å². The molecule has 3 aromatic carbocycles. The van der Waals surface area contributed by atoms with Crippen LogP contribution in [0.2, 0.25) is 0 Å². The quantitative estimate of drug-likeness (QED) is 0.481. The molecule has 1 unspecified atom stereocenters. The van der Waals surface area contributed by atoms with Crippen LogP contribution in [0.1, 0.15) is 16.7 Å². The highest BCUT2D eigenvalue weighted by Crippen LogP contribution is 2.50. The SMILES string of the molecule is O=C1Nc2c(ccc(F)c2F)C1(c1ccc(O)cc1)c1ccc(F)c2[nH]ncc12. The number of carbonyl (C=O) groups is 1. The summed E-state index contributed by atoms with van der Waals surface area (Å²) in [6, 6.07) is 10.7. The summed E-state index contributed by atoms with van der Waals surface area (Å²) >= 11 is 0. The van der Waals surface area contributed by atoms with Crippen molar-refractivity contribution in [3.8, 4) is 5.75 Å². The van der Waals surface area contributed by atoms with Crippen molar-refractivity contribution < 1.29 is 23.1 Å². The molecular weight excluding hydrogens is 383 g/mol. The second-order valence-corrected chi connectivity index (χ2v) is 6.79. The zero-order valence-corrected chi connectivity index (χ0v) is 14.6. The van der Waals surface area contributed by atoms with Gasteiger partial charge in [0.1, 0.15) is 22.5 Å². The van der Waals surface area contributed by atoms with E-state index in [0.29, 0.717) is 16.5 Å². The van der Waals surface area contributed by atoms with E-state index in [2.05, 4.69) is 15.5 Å². The molecule has 5 nitrogen and oxygen atoms in total. The minimum absolute atomic E-state index is 0.0274. The van der Waals surface area contributed by atoms with Gasteiger partial charge < -0.3 is 10.4 Å². The molecule has 3 N–H and O–H groups in total. The highest BCUT2D eigenvalue weighted by Gasteiger charge is 2.52. The number of aromatic nitrogens is 2. The fourth-order valence-electron chi connectivity index (χ4n) is 4.06. The molecule has 1 atom stereocenters. The number of fused-ring (bicyclic) bond motifs is 2. The van der Waals surface area contributed by atoms with E-state index in [1.165, 1.54) is 48.7 Å². The first-order valence-electron chi connectivity index (χ1n) is 8.66. The Kier molecular flexibility index (Phi) is 3.48. The minimum Gasteiger partial charge on any atom is -0.508 e. The van der Waals surface area contributed by atoms with Crippen molar-refractivity contribution in [2.24, 2.45) is 0 Å². The number of carbonyl (C=O) groups excluding carboxylic acids is 1. The third-order valence-corrected chi connectivity index (χ3v) is 5.35. The van der Waals surface area contributed by atoms with Gasteiger partial charge in [-0.3, -0.25) is 9.89 Å². The maximum Gasteiger partial charge on any atom is 0.244 e. The number of anilines is 1. The molecule has 0 fully saturated rings. The Morgan fingerprint density at radius 1 is 0.897 bits per heavy atom. The van der Waals surface area contributed by atoms with E-state index in [9.17, 15) is 23.1 Å². The van der Waals surface area contributed by atoms with Gasteiger partial charge in [0.05, 0.1) is 11.9 Å². The lowest BCUT2D eigenvalue weighted by atomic mass is 9.69. The molecule has 1 aromatic heterocycles. The van der Waals surface area contributed by atoms with E-state index in [1.807, 2.05) is 0 Å². The Bertz CT molecular complexity index is 1300. The lowest BCUT2D eigenvalue weighted by molar-refractivity contribution is -0.118. The van der Waals surface area contributed by atoms with Crippen LogP contribution in [0.4, 0.5) is 18.9 Å². The third kappa shape index (κ3) is 2.16. The van der Waals surface area contributed by atoms with Gasteiger partial charge in [0, 0.05) is 10.9 Å². The lowest BCUT2D eigenvalue weighted by Gasteiger charge is -2.29. The highest BCUT2D eigenvalue weighted by molar-refractivity contribution is 6.13. The Morgan fingerprint density at radius 3 is 2.34 bits per heavy atom. The van der Waals surface area contributed by atoms with Crippen molar-refractivity contribution in [3.05, 3.63) is 88.9 Å². The van der Waals surface area contributed by atoms with Crippen LogP contribution < -0.4 is 5.32 Å². The van der Waals surface area contributed by atoms with E-state index in [4.69, 9.17) is 0 Å². The molecule has 0 spiro atoms. The number of phenols is 1. The molecule has 1 aliphatic rings. The Hall–Kier alpha value is -3.81. The molecule has 0 radical (unpaired) electrons. The number of H-pyrrole nitrogens is 1. The summed E-state index contributed by atoms with van der Waals surface area (Å²) in [5.74, 6) is -3.50. The molecule has 29 heavy (non-hydrogen) atoms. The van der Waals surface area contributed by atoms with E-state index in [0.717, 1.165) is 6.07 Å². The van der Waals surface area contributed by atoms with Gasteiger partial charge in [-0.1, -0.05) is 24.3 Å². The summed E-state index contributed by atoms with van der Waals surface area (Å²) < 4.78 is 42.6. The van der Waals surface area contributed by atoms with Crippen molar-refractivity contribution in [3.63, 3.8) is 0 Å². The third-order valence-electron chi connectivity index (χ3n) is 5.35. The van der Waals surface area contributed by atoms with E-state index < -0.39 is 28.8 Å². The molecule has 0 bridgehead atoms. The zero-order chi connectivity index (χ0) is 20.3. The molecule has 144 valence electrons. The van der Waals surface area contributed by atoms with Crippen LogP contribution in [0.15, 0.2) is 54.7 Å². The first-order valence-corrected chi connectivity index (χ1v) is 8.66. The molecule has 1 amide bonds. The second kappa shape index (κ2) is 5.84. The van der Waals surface area contributed by atoms with E-state index in [-0.39, 0.29) is 22.5 Å². The molecule has 2 heterocycles. The van der Waals surface area contributed by atoms with Gasteiger partial charge in [-0.15, -0.1) is 0 Å². The number of nitrogens with one attached hydrogen (secondary N) is 2. The average molecular weight is 395 g/mol. The monoisotopic (exact) mass is 395 g/mol. The molecule has 8 heteroatoms. The minimum atomic E-state index is -1.60. The fourth-order valence-corrected chi connectivity index (χ4v) is 4.06. The van der Waals surface area contributed by atoms with Crippen LogP contribution in [0.25, 0.3) is 10.9 Å². The number of aromatic hydroxyl groups is 1. The zero-order valence-electron chi connectivity index (χ0n) is 14.6. The van der Waals surface area contributed by atoms with Gasteiger partial charge in [-0.25, -0.2) is 13.2 Å². The van der Waals surface area contributed by atoms with Gasteiger partial charge >= 0.3 is 0 Å². The number of aromatic amines is 1. The van der Waals surface area contributed by atoms with Crippen LogP contribution >= 0.6 is 0 Å². The summed E-state index contributed by atoms with van der Waals surface area (Å²) in [6.45, 7) is 0. The predicted molar refractivity (Wildman–Crippen MR) is 99.0 cm³/mol. The molecule has 1 aliphatic heterocycles.